The summed E-state index contributed by atoms with van der Waals surface area (Å²) >= 11 is 1.74. The third-order valence-corrected chi connectivity index (χ3v) is 6.00. The number of urea groups is 1. The molecule has 5 nitrogen and oxygen atoms in total. The Morgan fingerprint density at radius 1 is 1.52 bits per heavy atom. The van der Waals surface area contributed by atoms with Crippen molar-refractivity contribution >= 4 is 17.4 Å². The minimum absolute atomic E-state index is 0.0275. The highest BCUT2D eigenvalue weighted by Gasteiger charge is 2.42. The minimum Gasteiger partial charge on any atom is -0.347 e. The SMILES string of the molecule is C[C@H](CNC(=O)N1CCC[C@@H](C2(C)OCCO2)C1)c1cccs1. The van der Waals surface area contributed by atoms with Crippen LogP contribution in [0.4, 0.5) is 4.79 Å². The number of carbonyl (C=O) groups excluding carboxylic acids is 1. The van der Waals surface area contributed by atoms with Crippen molar-refractivity contribution in [1.82, 2.24) is 10.2 Å². The number of likely N-dealkylation sites (tertiary alicyclic amines) is 1. The largest absolute Gasteiger partial charge is 0.347 e. The number of nitrogens with one attached hydrogen (secondary N) is 1. The van der Waals surface area contributed by atoms with E-state index in [0.717, 1.165) is 19.4 Å². The van der Waals surface area contributed by atoms with E-state index in [4.69, 9.17) is 9.47 Å². The van der Waals surface area contributed by atoms with Gasteiger partial charge in [-0.05, 0) is 31.2 Å². The highest BCUT2D eigenvalue weighted by Crippen LogP contribution is 2.34. The van der Waals surface area contributed by atoms with Gasteiger partial charge in [0, 0.05) is 36.3 Å². The Kier molecular flexibility index (Phi) is 5.24. The molecular weight excluding hydrogens is 312 g/mol. The first kappa shape index (κ1) is 16.7. The fourth-order valence-electron chi connectivity index (χ4n) is 3.38. The summed E-state index contributed by atoms with van der Waals surface area (Å²) in [5.74, 6) is 0.0706. The van der Waals surface area contributed by atoms with Crippen LogP contribution < -0.4 is 5.32 Å². The van der Waals surface area contributed by atoms with Gasteiger partial charge < -0.3 is 19.7 Å². The Labute approximate surface area is 142 Å². The summed E-state index contributed by atoms with van der Waals surface area (Å²) in [7, 11) is 0. The molecule has 0 spiro atoms. The molecule has 23 heavy (non-hydrogen) atoms. The molecule has 0 saturated carbocycles. The maximum absolute atomic E-state index is 12.5. The van der Waals surface area contributed by atoms with Crippen LogP contribution in [0.15, 0.2) is 17.5 Å². The number of rotatable bonds is 4. The van der Waals surface area contributed by atoms with E-state index < -0.39 is 5.79 Å². The molecule has 0 bridgehead atoms. The fourth-order valence-corrected chi connectivity index (χ4v) is 4.17. The Balaban J connectivity index is 1.51. The van der Waals surface area contributed by atoms with E-state index in [1.165, 1.54) is 4.88 Å². The molecule has 128 valence electrons. The van der Waals surface area contributed by atoms with Gasteiger partial charge in [-0.1, -0.05) is 13.0 Å². The van der Waals surface area contributed by atoms with E-state index in [0.29, 0.717) is 32.2 Å². The number of amides is 2. The normalized spacial score (nSPS) is 25.3. The van der Waals surface area contributed by atoms with Crippen molar-refractivity contribution in [1.29, 1.82) is 0 Å². The highest BCUT2D eigenvalue weighted by molar-refractivity contribution is 7.10. The molecule has 0 unspecified atom stereocenters. The third kappa shape index (κ3) is 3.87. The van der Waals surface area contributed by atoms with Gasteiger partial charge in [0.1, 0.15) is 0 Å². The van der Waals surface area contributed by atoms with Crippen LogP contribution in [-0.4, -0.2) is 49.6 Å². The van der Waals surface area contributed by atoms with Crippen LogP contribution >= 0.6 is 11.3 Å². The maximum atomic E-state index is 12.5. The van der Waals surface area contributed by atoms with Gasteiger partial charge in [-0.25, -0.2) is 4.79 Å². The predicted octanol–water partition coefficient (Wildman–Crippen LogP) is 3.04. The van der Waals surface area contributed by atoms with Crippen LogP contribution in [0.1, 0.15) is 37.5 Å². The lowest BCUT2D eigenvalue weighted by Crippen LogP contribution is -2.51. The molecule has 3 heterocycles. The summed E-state index contributed by atoms with van der Waals surface area (Å²) in [5.41, 5.74) is 0. The Morgan fingerprint density at radius 2 is 2.30 bits per heavy atom. The average Bonchev–Trinajstić information content (AvgIpc) is 3.25. The first-order chi connectivity index (χ1) is 11.1. The quantitative estimate of drug-likeness (QED) is 0.918. The minimum atomic E-state index is -0.525. The Morgan fingerprint density at radius 3 is 3.00 bits per heavy atom. The molecule has 0 radical (unpaired) electrons. The van der Waals surface area contributed by atoms with E-state index in [9.17, 15) is 4.79 Å². The molecular formula is C17H26N2O3S. The van der Waals surface area contributed by atoms with Crippen molar-refractivity contribution in [3.8, 4) is 0 Å². The van der Waals surface area contributed by atoms with Crippen molar-refractivity contribution in [3.63, 3.8) is 0 Å². The molecule has 6 heteroatoms. The second-order valence-electron chi connectivity index (χ2n) is 6.60. The van der Waals surface area contributed by atoms with Crippen LogP contribution in [0, 0.1) is 5.92 Å². The van der Waals surface area contributed by atoms with E-state index in [2.05, 4.69) is 29.8 Å². The van der Waals surface area contributed by atoms with Crippen LogP contribution in [0.5, 0.6) is 0 Å². The van der Waals surface area contributed by atoms with Crippen molar-refractivity contribution in [3.05, 3.63) is 22.4 Å². The molecule has 3 rings (SSSR count). The lowest BCUT2D eigenvalue weighted by Gasteiger charge is -2.39. The first-order valence-electron chi connectivity index (χ1n) is 8.42. The first-order valence-corrected chi connectivity index (χ1v) is 9.30. The molecule has 0 aromatic carbocycles. The fraction of sp³-hybridized carbons (Fsp3) is 0.706. The van der Waals surface area contributed by atoms with Gasteiger partial charge in [-0.2, -0.15) is 0 Å². The molecule has 1 aromatic heterocycles. The molecule has 2 amide bonds. The molecule has 0 aliphatic carbocycles. The van der Waals surface area contributed by atoms with Gasteiger partial charge in [0.2, 0.25) is 0 Å². The summed E-state index contributed by atoms with van der Waals surface area (Å²) in [4.78, 5) is 15.7. The van der Waals surface area contributed by atoms with Crippen LogP contribution in [-0.2, 0) is 9.47 Å². The summed E-state index contributed by atoms with van der Waals surface area (Å²) in [6.07, 6.45) is 2.05. The summed E-state index contributed by atoms with van der Waals surface area (Å²) < 4.78 is 11.6. The number of thiophene rings is 1. The second kappa shape index (κ2) is 7.20. The van der Waals surface area contributed by atoms with E-state index in [1.807, 2.05) is 11.8 Å². The number of carbonyl (C=O) groups is 1. The standard InChI is InChI=1S/C17H26N2O3S/c1-13(15-6-4-10-23-15)11-18-16(20)19-7-3-5-14(12-19)17(2)21-8-9-22-17/h4,6,10,13-14H,3,5,7-9,11-12H2,1-2H3,(H,18,20)/t13-,14-/m1/s1. The summed E-state index contributed by atoms with van der Waals surface area (Å²) in [5, 5.41) is 5.15. The average molecular weight is 338 g/mol. The van der Waals surface area contributed by atoms with Crippen LogP contribution in [0.3, 0.4) is 0 Å². The number of hydrogen-bond acceptors (Lipinski definition) is 4. The monoisotopic (exact) mass is 338 g/mol. The zero-order valence-electron chi connectivity index (χ0n) is 13.9. The second-order valence-corrected chi connectivity index (χ2v) is 7.58. The van der Waals surface area contributed by atoms with Crippen molar-refractivity contribution in [2.75, 3.05) is 32.8 Å². The number of ether oxygens (including phenoxy) is 2. The van der Waals surface area contributed by atoms with Gasteiger partial charge in [0.05, 0.1) is 13.2 Å². The molecule has 1 aromatic rings. The molecule has 2 aliphatic heterocycles. The zero-order valence-corrected chi connectivity index (χ0v) is 14.7. The Bertz CT molecular complexity index is 514. The molecule has 2 saturated heterocycles. The van der Waals surface area contributed by atoms with Gasteiger partial charge >= 0.3 is 6.03 Å². The van der Waals surface area contributed by atoms with Crippen LogP contribution in [0.2, 0.25) is 0 Å². The van der Waals surface area contributed by atoms with E-state index in [1.54, 1.807) is 11.3 Å². The molecule has 1 N–H and O–H groups in total. The van der Waals surface area contributed by atoms with Gasteiger partial charge in [0.15, 0.2) is 5.79 Å². The zero-order chi connectivity index (χ0) is 16.3. The van der Waals surface area contributed by atoms with Crippen molar-refractivity contribution in [2.24, 2.45) is 5.92 Å². The number of hydrogen-bond donors (Lipinski definition) is 1. The number of nitrogens with zero attached hydrogens (tertiary/aromatic N) is 1. The van der Waals surface area contributed by atoms with Crippen molar-refractivity contribution < 1.29 is 14.3 Å². The lowest BCUT2D eigenvalue weighted by molar-refractivity contribution is -0.189. The van der Waals surface area contributed by atoms with Gasteiger partial charge in [-0.3, -0.25) is 0 Å². The molecule has 2 atom stereocenters. The predicted molar refractivity (Wildman–Crippen MR) is 90.7 cm³/mol. The van der Waals surface area contributed by atoms with E-state index >= 15 is 0 Å². The third-order valence-electron chi connectivity index (χ3n) is 4.90. The summed E-state index contributed by atoms with van der Waals surface area (Å²) in [6.45, 7) is 7.64. The van der Waals surface area contributed by atoms with E-state index in [-0.39, 0.29) is 11.9 Å². The van der Waals surface area contributed by atoms with Crippen molar-refractivity contribution in [2.45, 2.75) is 38.4 Å². The Hall–Kier alpha value is -1.11. The van der Waals surface area contributed by atoms with Crippen LogP contribution in [0.25, 0.3) is 0 Å². The highest BCUT2D eigenvalue weighted by atomic mass is 32.1. The number of piperidine rings is 1. The van der Waals surface area contributed by atoms with Gasteiger partial charge in [-0.15, -0.1) is 11.3 Å². The lowest BCUT2D eigenvalue weighted by atomic mass is 9.90. The topological polar surface area (TPSA) is 50.8 Å². The maximum Gasteiger partial charge on any atom is 0.317 e. The smallest absolute Gasteiger partial charge is 0.317 e. The molecule has 2 fully saturated rings. The van der Waals surface area contributed by atoms with Gasteiger partial charge in [0.25, 0.3) is 0 Å². The summed E-state index contributed by atoms with van der Waals surface area (Å²) in [6, 6.07) is 4.20. The molecule has 2 aliphatic rings.